The van der Waals surface area contributed by atoms with Gasteiger partial charge in [-0.2, -0.15) is 0 Å². The molecule has 1 aromatic rings. The number of primary amides is 1. The van der Waals surface area contributed by atoms with Crippen LogP contribution in [-0.4, -0.2) is 11.1 Å². The van der Waals surface area contributed by atoms with E-state index < -0.39 is 6.09 Å². The van der Waals surface area contributed by atoms with Crippen molar-refractivity contribution in [3.8, 4) is 5.88 Å². The molecule has 0 saturated carbocycles. The van der Waals surface area contributed by atoms with Crippen LogP contribution in [0.25, 0.3) is 0 Å². The lowest BCUT2D eigenvalue weighted by Gasteiger charge is -1.99. The Morgan fingerprint density at radius 3 is 2.92 bits per heavy atom. The van der Waals surface area contributed by atoms with Gasteiger partial charge in [0, 0.05) is 6.07 Å². The Hall–Kier alpha value is -1.30. The Kier molecular flexibility index (Phi) is 2.87. The van der Waals surface area contributed by atoms with Crippen molar-refractivity contribution in [1.82, 2.24) is 4.98 Å². The van der Waals surface area contributed by atoms with E-state index in [4.69, 9.17) is 0 Å². The third kappa shape index (κ3) is 2.75. The Morgan fingerprint density at radius 1 is 1.58 bits per heavy atom. The first-order valence-corrected chi connectivity index (χ1v) is 3.74. The number of carbonyl (C=O) groups is 1. The topological polar surface area (TPSA) is 74.4 Å². The molecule has 0 aliphatic carbocycles. The fraction of sp³-hybridized carbons (Fsp3) is 0. The van der Waals surface area contributed by atoms with Crippen LogP contribution in [0, 0.1) is 0 Å². The molecule has 6 heteroatoms. The second kappa shape index (κ2) is 3.91. The van der Waals surface area contributed by atoms with Gasteiger partial charge in [-0.1, -0.05) is 6.07 Å². The van der Waals surface area contributed by atoms with Crippen molar-refractivity contribution >= 4 is 22.0 Å². The van der Waals surface area contributed by atoms with Gasteiger partial charge in [0.15, 0.2) is 0 Å². The summed E-state index contributed by atoms with van der Waals surface area (Å²) >= 11 is 3.11. The predicted molar refractivity (Wildman–Crippen MR) is 43.2 cm³/mol. The molecule has 0 atom stereocenters. The smallest absolute Gasteiger partial charge is 0.332 e. The van der Waals surface area contributed by atoms with Crippen molar-refractivity contribution < 1.29 is 14.6 Å². The minimum absolute atomic E-state index is 0.156. The monoisotopic (exact) mass is 232 g/mol. The summed E-state index contributed by atoms with van der Waals surface area (Å²) in [6.07, 6.45) is -1.02. The number of rotatable bonds is 2. The average molecular weight is 233 g/mol. The van der Waals surface area contributed by atoms with Crippen LogP contribution in [0.3, 0.4) is 0 Å². The number of hydrogen-bond donors (Lipinski definition) is 1. The van der Waals surface area contributed by atoms with Gasteiger partial charge in [-0.15, -0.1) is 0 Å². The lowest BCUT2D eigenvalue weighted by molar-refractivity contribution is -0.142. The highest BCUT2D eigenvalue weighted by Crippen LogP contribution is 2.11. The maximum atomic E-state index is 10.1. The summed E-state index contributed by atoms with van der Waals surface area (Å²) in [7, 11) is 0. The second-order valence-electron chi connectivity index (χ2n) is 1.78. The standard InChI is InChI=1S/C6H5BrN2O3/c7-4-2-1-3-5(9-4)11-12-6(8)10/h1-3H,(H2,8,10). The van der Waals surface area contributed by atoms with Crippen LogP contribution in [0.5, 0.6) is 5.88 Å². The second-order valence-corrected chi connectivity index (χ2v) is 2.60. The highest BCUT2D eigenvalue weighted by atomic mass is 79.9. The first-order valence-electron chi connectivity index (χ1n) is 2.95. The number of halogens is 1. The van der Waals surface area contributed by atoms with Crippen LogP contribution in [0.2, 0.25) is 0 Å². The van der Waals surface area contributed by atoms with E-state index in [1.165, 1.54) is 6.07 Å². The summed E-state index contributed by atoms with van der Waals surface area (Å²) in [6, 6.07) is 4.90. The summed E-state index contributed by atoms with van der Waals surface area (Å²) in [6.45, 7) is 0. The third-order valence-electron chi connectivity index (χ3n) is 0.899. The molecular weight excluding hydrogens is 228 g/mol. The summed E-state index contributed by atoms with van der Waals surface area (Å²) < 4.78 is 0.577. The maximum absolute atomic E-state index is 10.1. The highest BCUT2D eigenvalue weighted by Gasteiger charge is 1.99. The molecule has 0 aliphatic heterocycles. The van der Waals surface area contributed by atoms with Crippen molar-refractivity contribution in [2.75, 3.05) is 0 Å². The first-order chi connectivity index (χ1) is 5.68. The molecule has 0 aliphatic rings. The molecule has 0 unspecified atom stereocenters. The van der Waals surface area contributed by atoms with Crippen molar-refractivity contribution in [2.45, 2.75) is 0 Å². The molecule has 64 valence electrons. The van der Waals surface area contributed by atoms with Crippen LogP contribution in [0.15, 0.2) is 22.8 Å². The molecule has 2 N–H and O–H groups in total. The van der Waals surface area contributed by atoms with Gasteiger partial charge in [0.2, 0.25) is 0 Å². The predicted octanol–water partition coefficient (Wildman–Crippen LogP) is 1.23. The molecule has 0 bridgehead atoms. The van der Waals surface area contributed by atoms with Crippen LogP contribution in [0.1, 0.15) is 0 Å². The molecule has 1 rings (SSSR count). The third-order valence-corrected chi connectivity index (χ3v) is 1.34. The average Bonchev–Trinajstić information content (AvgIpc) is 2.01. The normalized spacial score (nSPS) is 9.08. The molecule has 12 heavy (non-hydrogen) atoms. The van der Waals surface area contributed by atoms with Gasteiger partial charge >= 0.3 is 6.09 Å². The van der Waals surface area contributed by atoms with Crippen molar-refractivity contribution in [2.24, 2.45) is 5.73 Å². The van der Waals surface area contributed by atoms with Gasteiger partial charge in [-0.05, 0) is 22.0 Å². The zero-order chi connectivity index (χ0) is 8.97. The van der Waals surface area contributed by atoms with E-state index in [0.29, 0.717) is 4.60 Å². The van der Waals surface area contributed by atoms with Gasteiger partial charge in [0.1, 0.15) is 4.60 Å². The molecular formula is C6H5BrN2O3. The van der Waals surface area contributed by atoms with Gasteiger partial charge in [0.05, 0.1) is 0 Å². The highest BCUT2D eigenvalue weighted by molar-refractivity contribution is 9.10. The molecule has 1 amide bonds. The SMILES string of the molecule is NC(=O)OOc1cccc(Br)n1. The van der Waals surface area contributed by atoms with Crippen molar-refractivity contribution in [3.63, 3.8) is 0 Å². The lowest BCUT2D eigenvalue weighted by atomic mass is 10.5. The lowest BCUT2D eigenvalue weighted by Crippen LogP contribution is -2.15. The minimum atomic E-state index is -1.02. The van der Waals surface area contributed by atoms with Gasteiger partial charge in [0.25, 0.3) is 5.88 Å². The Morgan fingerprint density at radius 2 is 2.33 bits per heavy atom. The summed E-state index contributed by atoms with van der Waals surface area (Å²) in [5.74, 6) is 0.156. The van der Waals surface area contributed by atoms with E-state index in [1.54, 1.807) is 12.1 Å². The number of nitrogens with two attached hydrogens (primary N) is 1. The van der Waals surface area contributed by atoms with E-state index >= 15 is 0 Å². The molecule has 0 spiro atoms. The summed E-state index contributed by atoms with van der Waals surface area (Å²) in [4.78, 5) is 22.4. The fourth-order valence-corrected chi connectivity index (χ4v) is 0.847. The molecule has 1 aromatic heterocycles. The molecule has 0 saturated heterocycles. The van der Waals surface area contributed by atoms with Crippen LogP contribution < -0.4 is 10.6 Å². The largest absolute Gasteiger partial charge is 0.447 e. The zero-order valence-electron chi connectivity index (χ0n) is 5.86. The number of hydrogen-bond acceptors (Lipinski definition) is 4. The number of pyridine rings is 1. The van der Waals surface area contributed by atoms with Crippen LogP contribution >= 0.6 is 15.9 Å². The van der Waals surface area contributed by atoms with E-state index in [1.807, 2.05) is 0 Å². The Labute approximate surface area is 76.5 Å². The van der Waals surface area contributed by atoms with E-state index in [-0.39, 0.29) is 5.88 Å². The quantitative estimate of drug-likeness (QED) is 0.473. The number of carbonyl (C=O) groups excluding carboxylic acids is 1. The molecule has 0 aromatic carbocycles. The van der Waals surface area contributed by atoms with Crippen LogP contribution in [-0.2, 0) is 4.89 Å². The number of aromatic nitrogens is 1. The summed E-state index contributed by atoms with van der Waals surface area (Å²) in [5.41, 5.74) is 4.65. The first kappa shape index (κ1) is 8.79. The van der Waals surface area contributed by atoms with E-state index in [9.17, 15) is 4.79 Å². The maximum Gasteiger partial charge on any atom is 0.447 e. The molecule has 0 fully saturated rings. The van der Waals surface area contributed by atoms with Gasteiger partial charge < -0.3 is 5.73 Å². The van der Waals surface area contributed by atoms with Crippen molar-refractivity contribution in [1.29, 1.82) is 0 Å². The molecule has 5 nitrogen and oxygen atoms in total. The van der Waals surface area contributed by atoms with Gasteiger partial charge in [-0.25, -0.2) is 14.7 Å². The molecule has 0 radical (unpaired) electrons. The van der Waals surface area contributed by atoms with E-state index in [2.05, 4.69) is 36.4 Å². The fourth-order valence-electron chi connectivity index (χ4n) is 0.520. The Balaban J connectivity index is 2.57. The van der Waals surface area contributed by atoms with Crippen LogP contribution in [0.4, 0.5) is 4.79 Å². The number of nitrogens with zero attached hydrogens (tertiary/aromatic N) is 1. The van der Waals surface area contributed by atoms with E-state index in [0.717, 1.165) is 0 Å². The number of amides is 1. The minimum Gasteiger partial charge on any atom is -0.332 e. The summed E-state index contributed by atoms with van der Waals surface area (Å²) in [5, 5.41) is 0. The Bertz CT molecular complexity index is 292. The molecule has 1 heterocycles. The zero-order valence-corrected chi connectivity index (χ0v) is 7.45. The van der Waals surface area contributed by atoms with Crippen molar-refractivity contribution in [3.05, 3.63) is 22.8 Å². The van der Waals surface area contributed by atoms with Gasteiger partial charge in [-0.3, -0.25) is 4.89 Å².